The van der Waals surface area contributed by atoms with Gasteiger partial charge in [0, 0.05) is 17.5 Å². The van der Waals surface area contributed by atoms with E-state index in [2.05, 4.69) is 48.4 Å². The lowest BCUT2D eigenvalue weighted by Gasteiger charge is -2.08. The SMILES string of the molecule is Cc1coc(Sc2ccc(CNC(C)C)cc2)n1. The van der Waals surface area contributed by atoms with Gasteiger partial charge in [0.2, 0.25) is 0 Å². The second-order valence-corrected chi connectivity index (χ2v) is 5.56. The molecule has 96 valence electrons. The molecule has 1 heterocycles. The Balaban J connectivity index is 1.95. The molecule has 3 nitrogen and oxygen atoms in total. The Kier molecular flexibility index (Phi) is 4.44. The second kappa shape index (κ2) is 6.07. The summed E-state index contributed by atoms with van der Waals surface area (Å²) in [6.45, 7) is 7.12. The lowest BCUT2D eigenvalue weighted by molar-refractivity contribution is 0.454. The van der Waals surface area contributed by atoms with Gasteiger partial charge in [0.15, 0.2) is 0 Å². The number of benzene rings is 1. The number of rotatable bonds is 5. The summed E-state index contributed by atoms with van der Waals surface area (Å²) in [5.41, 5.74) is 2.20. The molecule has 2 aromatic rings. The van der Waals surface area contributed by atoms with E-state index in [4.69, 9.17) is 4.42 Å². The fourth-order valence-corrected chi connectivity index (χ4v) is 2.24. The number of nitrogens with zero attached hydrogens (tertiary/aromatic N) is 1. The van der Waals surface area contributed by atoms with Crippen molar-refractivity contribution in [2.45, 2.75) is 43.5 Å². The highest BCUT2D eigenvalue weighted by molar-refractivity contribution is 7.99. The number of nitrogens with one attached hydrogen (secondary N) is 1. The van der Waals surface area contributed by atoms with Crippen LogP contribution in [-0.2, 0) is 6.54 Å². The number of aryl methyl sites for hydroxylation is 1. The zero-order valence-electron chi connectivity index (χ0n) is 10.9. The smallest absolute Gasteiger partial charge is 0.260 e. The first kappa shape index (κ1) is 13.2. The van der Waals surface area contributed by atoms with Crippen LogP contribution in [0.4, 0.5) is 0 Å². The topological polar surface area (TPSA) is 38.1 Å². The number of hydrogen-bond acceptors (Lipinski definition) is 4. The largest absolute Gasteiger partial charge is 0.439 e. The van der Waals surface area contributed by atoms with Crippen molar-refractivity contribution in [1.82, 2.24) is 10.3 Å². The van der Waals surface area contributed by atoms with Crippen molar-refractivity contribution in [3.8, 4) is 0 Å². The Hall–Kier alpha value is -1.26. The van der Waals surface area contributed by atoms with E-state index in [9.17, 15) is 0 Å². The van der Waals surface area contributed by atoms with Crippen molar-refractivity contribution in [3.05, 3.63) is 41.8 Å². The molecule has 0 spiro atoms. The highest BCUT2D eigenvalue weighted by atomic mass is 32.2. The minimum Gasteiger partial charge on any atom is -0.439 e. The summed E-state index contributed by atoms with van der Waals surface area (Å²) < 4.78 is 5.32. The van der Waals surface area contributed by atoms with Crippen molar-refractivity contribution >= 4 is 11.8 Å². The van der Waals surface area contributed by atoms with Gasteiger partial charge >= 0.3 is 0 Å². The second-order valence-electron chi connectivity index (χ2n) is 4.54. The van der Waals surface area contributed by atoms with Gasteiger partial charge in [0.25, 0.3) is 5.22 Å². The first-order valence-corrected chi connectivity index (χ1v) is 6.87. The van der Waals surface area contributed by atoms with Gasteiger partial charge in [-0.05, 0) is 36.4 Å². The first-order valence-electron chi connectivity index (χ1n) is 6.06. The molecule has 0 amide bonds. The van der Waals surface area contributed by atoms with Gasteiger partial charge in [-0.15, -0.1) is 0 Å². The quantitative estimate of drug-likeness (QED) is 0.893. The predicted molar refractivity (Wildman–Crippen MR) is 73.8 cm³/mol. The molecule has 0 aliphatic rings. The van der Waals surface area contributed by atoms with Crippen LogP contribution in [0.1, 0.15) is 25.1 Å². The molecule has 2 rings (SSSR count). The van der Waals surface area contributed by atoms with E-state index in [1.165, 1.54) is 5.56 Å². The molecular weight excluding hydrogens is 244 g/mol. The summed E-state index contributed by atoms with van der Waals surface area (Å²) in [6, 6.07) is 8.97. The molecule has 0 aliphatic heterocycles. The molecular formula is C14H18N2OS. The van der Waals surface area contributed by atoms with E-state index in [0.29, 0.717) is 11.3 Å². The van der Waals surface area contributed by atoms with Crippen LogP contribution >= 0.6 is 11.8 Å². The van der Waals surface area contributed by atoms with E-state index in [1.54, 1.807) is 18.0 Å². The maximum Gasteiger partial charge on any atom is 0.260 e. The van der Waals surface area contributed by atoms with Crippen molar-refractivity contribution in [3.63, 3.8) is 0 Å². The molecule has 0 saturated heterocycles. The molecule has 0 bridgehead atoms. The Labute approximate surface area is 112 Å². The van der Waals surface area contributed by atoms with E-state index in [-0.39, 0.29) is 0 Å². The summed E-state index contributed by atoms with van der Waals surface area (Å²) in [4.78, 5) is 5.42. The van der Waals surface area contributed by atoms with E-state index >= 15 is 0 Å². The van der Waals surface area contributed by atoms with Crippen molar-refractivity contribution in [1.29, 1.82) is 0 Å². The van der Waals surface area contributed by atoms with Crippen LogP contribution in [0.2, 0.25) is 0 Å². The minimum absolute atomic E-state index is 0.509. The summed E-state index contributed by atoms with van der Waals surface area (Å²) >= 11 is 1.54. The fourth-order valence-electron chi connectivity index (χ4n) is 1.48. The molecule has 18 heavy (non-hydrogen) atoms. The van der Waals surface area contributed by atoms with Crippen LogP contribution in [0.15, 0.2) is 45.1 Å². The normalized spacial score (nSPS) is 11.1. The zero-order chi connectivity index (χ0) is 13.0. The standard InChI is InChI=1S/C14H18N2OS/c1-10(2)15-8-12-4-6-13(7-5-12)18-14-16-11(3)9-17-14/h4-7,9-10,15H,8H2,1-3H3. The number of aromatic nitrogens is 1. The monoisotopic (exact) mass is 262 g/mol. The Morgan fingerprint density at radius 3 is 2.56 bits per heavy atom. The van der Waals surface area contributed by atoms with Gasteiger partial charge in [0.1, 0.15) is 6.26 Å². The van der Waals surface area contributed by atoms with Gasteiger partial charge in [-0.1, -0.05) is 26.0 Å². The van der Waals surface area contributed by atoms with Crippen LogP contribution in [-0.4, -0.2) is 11.0 Å². The summed E-state index contributed by atoms with van der Waals surface area (Å²) in [5.74, 6) is 0. The Morgan fingerprint density at radius 1 is 1.28 bits per heavy atom. The average molecular weight is 262 g/mol. The minimum atomic E-state index is 0.509. The molecule has 0 atom stereocenters. The van der Waals surface area contributed by atoms with Crippen LogP contribution in [0.25, 0.3) is 0 Å². The highest BCUT2D eigenvalue weighted by Gasteiger charge is 2.03. The third-order valence-electron chi connectivity index (χ3n) is 2.44. The molecule has 4 heteroatoms. The van der Waals surface area contributed by atoms with Gasteiger partial charge in [0.05, 0.1) is 5.69 Å². The number of oxazole rings is 1. The number of hydrogen-bond donors (Lipinski definition) is 1. The summed E-state index contributed by atoms with van der Waals surface area (Å²) in [5, 5.41) is 4.09. The van der Waals surface area contributed by atoms with Crippen LogP contribution in [0.3, 0.4) is 0 Å². The van der Waals surface area contributed by atoms with Gasteiger partial charge in [-0.3, -0.25) is 0 Å². The molecule has 1 aromatic heterocycles. The first-order chi connectivity index (χ1) is 8.63. The molecule has 0 fully saturated rings. The van der Waals surface area contributed by atoms with Crippen LogP contribution < -0.4 is 5.32 Å². The lowest BCUT2D eigenvalue weighted by Crippen LogP contribution is -2.21. The molecule has 0 aliphatic carbocycles. The maximum absolute atomic E-state index is 5.32. The summed E-state index contributed by atoms with van der Waals surface area (Å²) in [7, 11) is 0. The highest BCUT2D eigenvalue weighted by Crippen LogP contribution is 2.26. The van der Waals surface area contributed by atoms with E-state index in [1.807, 2.05) is 6.92 Å². The molecule has 0 unspecified atom stereocenters. The molecule has 1 aromatic carbocycles. The van der Waals surface area contributed by atoms with Gasteiger partial charge in [-0.25, -0.2) is 4.98 Å². The van der Waals surface area contributed by atoms with E-state index in [0.717, 1.165) is 17.1 Å². The third kappa shape index (κ3) is 3.89. The Morgan fingerprint density at radius 2 is 2.00 bits per heavy atom. The fraction of sp³-hybridized carbons (Fsp3) is 0.357. The van der Waals surface area contributed by atoms with Crippen molar-refractivity contribution < 1.29 is 4.42 Å². The summed E-state index contributed by atoms with van der Waals surface area (Å²) in [6.07, 6.45) is 1.67. The van der Waals surface area contributed by atoms with Gasteiger partial charge in [-0.2, -0.15) is 0 Å². The molecule has 1 N–H and O–H groups in total. The maximum atomic E-state index is 5.32. The molecule has 0 radical (unpaired) electrons. The van der Waals surface area contributed by atoms with Crippen LogP contribution in [0.5, 0.6) is 0 Å². The zero-order valence-corrected chi connectivity index (χ0v) is 11.8. The lowest BCUT2D eigenvalue weighted by atomic mass is 10.2. The average Bonchev–Trinajstić information content (AvgIpc) is 2.74. The van der Waals surface area contributed by atoms with Gasteiger partial charge < -0.3 is 9.73 Å². The Bertz CT molecular complexity index is 491. The molecule has 0 saturated carbocycles. The van der Waals surface area contributed by atoms with Crippen molar-refractivity contribution in [2.24, 2.45) is 0 Å². The predicted octanol–water partition coefficient (Wildman–Crippen LogP) is 3.63. The van der Waals surface area contributed by atoms with Crippen molar-refractivity contribution in [2.75, 3.05) is 0 Å². The van der Waals surface area contributed by atoms with Crippen LogP contribution in [0, 0.1) is 6.92 Å². The van der Waals surface area contributed by atoms with E-state index < -0.39 is 0 Å². The third-order valence-corrected chi connectivity index (χ3v) is 3.31.